The van der Waals surface area contributed by atoms with Crippen molar-refractivity contribution >= 4 is 17.7 Å². The van der Waals surface area contributed by atoms with Crippen LogP contribution in [0.1, 0.15) is 58.2 Å². The number of aliphatic imine (C=N–C) groups is 1. The molecule has 1 aromatic heterocycles. The molecule has 0 bridgehead atoms. The minimum absolute atomic E-state index is 0.160. The van der Waals surface area contributed by atoms with E-state index in [2.05, 4.69) is 37.1 Å². The van der Waals surface area contributed by atoms with Gasteiger partial charge >= 0.3 is 0 Å². The summed E-state index contributed by atoms with van der Waals surface area (Å²) in [5, 5.41) is 3.10. The van der Waals surface area contributed by atoms with Gasteiger partial charge in [0, 0.05) is 17.1 Å². The van der Waals surface area contributed by atoms with Gasteiger partial charge in [0.1, 0.15) is 11.5 Å². The van der Waals surface area contributed by atoms with Crippen LogP contribution in [0.3, 0.4) is 0 Å². The molecule has 1 aliphatic carbocycles. The van der Waals surface area contributed by atoms with Gasteiger partial charge in [0.15, 0.2) is 0 Å². The number of nitrogens with zero attached hydrogens (tertiary/aromatic N) is 1. The van der Waals surface area contributed by atoms with Crippen molar-refractivity contribution in [2.75, 3.05) is 0 Å². The Labute approximate surface area is 189 Å². The average Bonchev–Trinajstić information content (AvgIpc) is 3.15. The van der Waals surface area contributed by atoms with Crippen LogP contribution in [0.25, 0.3) is 17.3 Å². The summed E-state index contributed by atoms with van der Waals surface area (Å²) in [6.07, 6.45) is 7.65. The molecule has 0 radical (unpaired) electrons. The third-order valence-electron chi connectivity index (χ3n) is 6.36. The van der Waals surface area contributed by atoms with E-state index in [4.69, 9.17) is 4.99 Å². The highest BCUT2D eigenvalue weighted by molar-refractivity contribution is 6.46. The molecule has 4 nitrogen and oxygen atoms in total. The maximum absolute atomic E-state index is 13.3. The molecule has 0 spiro atoms. The zero-order valence-corrected chi connectivity index (χ0v) is 19.2. The van der Waals surface area contributed by atoms with Crippen molar-refractivity contribution in [3.05, 3.63) is 75.9 Å². The van der Waals surface area contributed by atoms with Gasteiger partial charge in [-0.25, -0.2) is 4.39 Å². The Hall–Kier alpha value is -3.21. The number of hydrogen-bond donors (Lipinski definition) is 2. The van der Waals surface area contributed by atoms with E-state index in [1.807, 2.05) is 19.1 Å². The van der Waals surface area contributed by atoms with E-state index < -0.39 is 0 Å². The monoisotopic (exact) mass is 431 g/mol. The lowest BCUT2D eigenvalue weighted by atomic mass is 9.94. The Kier molecular flexibility index (Phi) is 6.26. The van der Waals surface area contributed by atoms with Crippen LogP contribution >= 0.6 is 0 Å². The molecule has 166 valence electrons. The summed E-state index contributed by atoms with van der Waals surface area (Å²) in [5.74, 6) is -0.411. The predicted octanol–water partition coefficient (Wildman–Crippen LogP) is 6.13. The minimum atomic E-state index is -0.251. The Bertz CT molecular complexity index is 1160. The van der Waals surface area contributed by atoms with Crippen LogP contribution in [0.15, 0.2) is 63.8 Å². The lowest BCUT2D eigenvalue weighted by molar-refractivity contribution is -0.114. The third kappa shape index (κ3) is 4.67. The third-order valence-corrected chi connectivity index (χ3v) is 6.36. The number of nitrogens with one attached hydrogen (secondary N) is 2. The standard InChI is InChI=1S/C27H30FN3O/c1-5-22-13-17(3)18(4)26(29-22)27(32)30-23-12-16(2)6-11-24-20(14-23)15-25(31-24)19-7-9-21(28)10-8-19/h7-10,12,14-15,22,31H,5-6,11,13H2,1-4H3,(H,30,32)/b16-12?,23-14+. The largest absolute Gasteiger partial charge is 0.358 e. The minimum Gasteiger partial charge on any atom is -0.358 e. The van der Waals surface area contributed by atoms with Crippen molar-refractivity contribution in [2.24, 2.45) is 4.99 Å². The van der Waals surface area contributed by atoms with Gasteiger partial charge in [0.2, 0.25) is 0 Å². The molecule has 1 aliphatic heterocycles. The topological polar surface area (TPSA) is 57.2 Å². The van der Waals surface area contributed by atoms with E-state index in [1.54, 1.807) is 12.1 Å². The number of benzene rings is 1. The molecule has 2 N–H and O–H groups in total. The fourth-order valence-electron chi connectivity index (χ4n) is 4.26. The van der Waals surface area contributed by atoms with Crippen molar-refractivity contribution < 1.29 is 9.18 Å². The Morgan fingerprint density at radius 3 is 2.62 bits per heavy atom. The summed E-state index contributed by atoms with van der Waals surface area (Å²) >= 11 is 0. The quantitative estimate of drug-likeness (QED) is 0.601. The van der Waals surface area contributed by atoms with Crippen LogP contribution in [0, 0.1) is 5.82 Å². The van der Waals surface area contributed by atoms with Crippen molar-refractivity contribution in [3.63, 3.8) is 0 Å². The number of carbonyl (C=O) groups excluding carboxylic acids is 1. The molecule has 1 amide bonds. The second-order valence-electron chi connectivity index (χ2n) is 8.82. The number of aromatic amines is 1. The second-order valence-corrected chi connectivity index (χ2v) is 8.82. The van der Waals surface area contributed by atoms with Gasteiger partial charge in [-0.2, -0.15) is 0 Å². The number of allylic oxidation sites excluding steroid dienone is 2. The summed E-state index contributed by atoms with van der Waals surface area (Å²) in [5.41, 5.74) is 8.70. The Morgan fingerprint density at radius 1 is 1.16 bits per heavy atom. The van der Waals surface area contributed by atoms with Crippen LogP contribution in [-0.4, -0.2) is 22.6 Å². The number of H-pyrrole nitrogens is 1. The van der Waals surface area contributed by atoms with Crippen LogP contribution < -0.4 is 5.32 Å². The van der Waals surface area contributed by atoms with Crippen LogP contribution in [0.4, 0.5) is 4.39 Å². The van der Waals surface area contributed by atoms with Crippen molar-refractivity contribution in [3.8, 4) is 11.3 Å². The van der Waals surface area contributed by atoms with Crippen molar-refractivity contribution in [1.82, 2.24) is 10.3 Å². The van der Waals surface area contributed by atoms with E-state index >= 15 is 0 Å². The molecule has 1 aromatic carbocycles. The van der Waals surface area contributed by atoms with E-state index in [0.29, 0.717) is 5.71 Å². The lowest BCUT2D eigenvalue weighted by Crippen LogP contribution is -2.34. The number of halogens is 1. The van der Waals surface area contributed by atoms with Gasteiger partial charge in [-0.3, -0.25) is 9.79 Å². The number of fused-ring (bicyclic) bond motifs is 1. The van der Waals surface area contributed by atoms with E-state index in [9.17, 15) is 9.18 Å². The Morgan fingerprint density at radius 2 is 1.91 bits per heavy atom. The molecular weight excluding hydrogens is 401 g/mol. The summed E-state index contributed by atoms with van der Waals surface area (Å²) in [4.78, 5) is 21.4. The van der Waals surface area contributed by atoms with E-state index in [1.165, 1.54) is 23.3 Å². The number of hydrogen-bond acceptors (Lipinski definition) is 2. The summed E-state index contributed by atoms with van der Waals surface area (Å²) in [7, 11) is 0. The Balaban J connectivity index is 1.65. The van der Waals surface area contributed by atoms with E-state index in [0.717, 1.165) is 59.5 Å². The number of aryl methyl sites for hydroxylation is 1. The highest BCUT2D eigenvalue weighted by atomic mass is 19.1. The van der Waals surface area contributed by atoms with Gasteiger partial charge in [0.25, 0.3) is 5.91 Å². The first-order valence-corrected chi connectivity index (χ1v) is 11.3. The number of amides is 1. The van der Waals surface area contributed by atoms with Gasteiger partial charge in [0.05, 0.1) is 6.04 Å². The molecule has 2 heterocycles. The van der Waals surface area contributed by atoms with Gasteiger partial charge in [-0.1, -0.05) is 18.1 Å². The van der Waals surface area contributed by atoms with Gasteiger partial charge < -0.3 is 10.3 Å². The van der Waals surface area contributed by atoms with Crippen LogP contribution in [0.5, 0.6) is 0 Å². The predicted molar refractivity (Wildman–Crippen MR) is 129 cm³/mol. The molecule has 2 aromatic rings. The zero-order valence-electron chi connectivity index (χ0n) is 19.2. The molecule has 2 aliphatic rings. The van der Waals surface area contributed by atoms with Gasteiger partial charge in [-0.15, -0.1) is 0 Å². The van der Waals surface area contributed by atoms with Crippen LogP contribution in [-0.2, 0) is 11.2 Å². The number of rotatable bonds is 4. The average molecular weight is 432 g/mol. The molecule has 32 heavy (non-hydrogen) atoms. The van der Waals surface area contributed by atoms with Gasteiger partial charge in [-0.05, 0) is 106 Å². The smallest absolute Gasteiger partial charge is 0.274 e. The molecule has 1 atom stereocenters. The maximum atomic E-state index is 13.3. The first-order chi connectivity index (χ1) is 15.3. The molecule has 0 fully saturated rings. The molecule has 0 saturated heterocycles. The van der Waals surface area contributed by atoms with Crippen molar-refractivity contribution in [2.45, 2.75) is 59.4 Å². The SMILES string of the molecule is CCC1CC(C)=C(C)C(C(=O)N/C2=C/c3cc(-c4ccc(F)cc4)[nH]c3CCC(C)=C2)=N1. The molecule has 1 unspecified atom stereocenters. The lowest BCUT2D eigenvalue weighted by Gasteiger charge is -2.22. The highest BCUT2D eigenvalue weighted by Gasteiger charge is 2.23. The number of carbonyl (C=O) groups is 1. The van der Waals surface area contributed by atoms with Crippen molar-refractivity contribution in [1.29, 1.82) is 0 Å². The zero-order chi connectivity index (χ0) is 22.8. The normalized spacial score (nSPS) is 20.4. The number of aromatic nitrogens is 1. The molecule has 0 saturated carbocycles. The highest BCUT2D eigenvalue weighted by Crippen LogP contribution is 2.28. The first kappa shape index (κ1) is 22.0. The van der Waals surface area contributed by atoms with E-state index in [-0.39, 0.29) is 17.8 Å². The summed E-state index contributed by atoms with van der Waals surface area (Å²) in [6.45, 7) is 8.25. The first-order valence-electron chi connectivity index (χ1n) is 11.3. The molecule has 4 rings (SSSR count). The number of dihydropyridines is 1. The van der Waals surface area contributed by atoms with Crippen LogP contribution in [0.2, 0.25) is 0 Å². The molecular formula is C27H30FN3O. The second kappa shape index (κ2) is 9.11. The molecule has 5 heteroatoms. The fourth-order valence-corrected chi connectivity index (χ4v) is 4.26. The maximum Gasteiger partial charge on any atom is 0.274 e. The summed E-state index contributed by atoms with van der Waals surface area (Å²) in [6, 6.07) is 8.70. The summed E-state index contributed by atoms with van der Waals surface area (Å²) < 4.78 is 13.3. The fraction of sp³-hybridized carbons (Fsp3) is 0.333.